The van der Waals surface area contributed by atoms with Crippen LogP contribution < -0.4 is 10.6 Å². The fourth-order valence-corrected chi connectivity index (χ4v) is 4.30. The number of aliphatic imine (C=N–C) groups is 1. The maximum absolute atomic E-state index is 13.9. The molecule has 1 fully saturated rings. The third-order valence-electron chi connectivity index (χ3n) is 6.13. The van der Waals surface area contributed by atoms with Gasteiger partial charge in [0.1, 0.15) is 5.82 Å². The largest absolute Gasteiger partial charge is 0.356 e. The van der Waals surface area contributed by atoms with Gasteiger partial charge < -0.3 is 15.5 Å². The van der Waals surface area contributed by atoms with Crippen molar-refractivity contribution in [3.63, 3.8) is 0 Å². The lowest BCUT2D eigenvalue weighted by molar-refractivity contribution is 0.0827. The summed E-state index contributed by atoms with van der Waals surface area (Å²) in [6.07, 6.45) is 5.63. The molecule has 1 saturated carbocycles. The van der Waals surface area contributed by atoms with Gasteiger partial charge in [-0.05, 0) is 48.2 Å². The fourth-order valence-electron chi connectivity index (χ4n) is 4.30. The molecule has 2 N–H and O–H groups in total. The summed E-state index contributed by atoms with van der Waals surface area (Å²) in [7, 11) is 5.25. The molecule has 1 aliphatic carbocycles. The first-order chi connectivity index (χ1) is 14.9. The molecule has 1 aliphatic rings. The maximum atomic E-state index is 13.9. The zero-order valence-corrected chi connectivity index (χ0v) is 21.5. The summed E-state index contributed by atoms with van der Waals surface area (Å²) in [6, 6.07) is 14.6. The Morgan fingerprint density at radius 3 is 2.34 bits per heavy atom. The molecule has 2 aromatic rings. The van der Waals surface area contributed by atoms with Crippen molar-refractivity contribution in [2.45, 2.75) is 44.1 Å². The zero-order valence-electron chi connectivity index (χ0n) is 19.2. The average molecular weight is 552 g/mol. The Hall–Kier alpha value is -2.16. The Balaban J connectivity index is 0.00000363. The van der Waals surface area contributed by atoms with Crippen LogP contribution in [0.5, 0.6) is 0 Å². The molecule has 32 heavy (non-hydrogen) atoms. The van der Waals surface area contributed by atoms with Gasteiger partial charge >= 0.3 is 0 Å². The number of rotatable bonds is 6. The lowest BCUT2D eigenvalue weighted by Gasteiger charge is -2.38. The molecule has 3 rings (SSSR count). The topological polar surface area (TPSA) is 56.7 Å². The van der Waals surface area contributed by atoms with Crippen molar-refractivity contribution in [2.75, 3.05) is 27.7 Å². The Labute approximate surface area is 207 Å². The van der Waals surface area contributed by atoms with Gasteiger partial charge in [-0.2, -0.15) is 0 Å². The fraction of sp³-hybridized carbons (Fsp3) is 0.440. The third-order valence-corrected chi connectivity index (χ3v) is 6.13. The highest BCUT2D eigenvalue weighted by atomic mass is 127. The first-order valence-corrected chi connectivity index (χ1v) is 10.9. The summed E-state index contributed by atoms with van der Waals surface area (Å²) in [4.78, 5) is 18.0. The standard InChI is InChI=1S/C25H33FN4O.HI/c1-27-24(28-17-19-10-12-20(13-11-19)23(31)30(2)3)29-18-25(14-5-4-6-15-25)21-8-7-9-22(26)16-21;/h7-13,16H,4-6,14-15,17-18H2,1-3H3,(H2,27,28,29);1H. The van der Waals surface area contributed by atoms with Gasteiger partial charge in [-0.25, -0.2) is 4.39 Å². The first-order valence-electron chi connectivity index (χ1n) is 10.9. The molecule has 5 nitrogen and oxygen atoms in total. The van der Waals surface area contributed by atoms with Crippen LogP contribution in [0, 0.1) is 5.82 Å². The molecule has 0 aromatic heterocycles. The number of hydrogen-bond acceptors (Lipinski definition) is 2. The van der Waals surface area contributed by atoms with Crippen LogP contribution in [0.25, 0.3) is 0 Å². The third kappa shape index (κ3) is 6.67. The number of hydrogen-bond donors (Lipinski definition) is 2. The van der Waals surface area contributed by atoms with Crippen molar-refractivity contribution in [1.82, 2.24) is 15.5 Å². The van der Waals surface area contributed by atoms with Gasteiger partial charge in [0, 0.05) is 45.2 Å². The molecule has 174 valence electrons. The number of nitrogens with one attached hydrogen (secondary N) is 2. The smallest absolute Gasteiger partial charge is 0.253 e. The van der Waals surface area contributed by atoms with E-state index in [0.717, 1.165) is 42.8 Å². The van der Waals surface area contributed by atoms with E-state index in [-0.39, 0.29) is 41.1 Å². The van der Waals surface area contributed by atoms with Gasteiger partial charge in [0.15, 0.2) is 5.96 Å². The van der Waals surface area contributed by atoms with E-state index >= 15 is 0 Å². The van der Waals surface area contributed by atoms with E-state index < -0.39 is 0 Å². The van der Waals surface area contributed by atoms with Crippen LogP contribution in [-0.4, -0.2) is 44.5 Å². The lowest BCUT2D eigenvalue weighted by Crippen LogP contribution is -2.46. The molecule has 0 atom stereocenters. The number of carbonyl (C=O) groups is 1. The summed E-state index contributed by atoms with van der Waals surface area (Å²) in [5.41, 5.74) is 2.73. The van der Waals surface area contributed by atoms with Crippen LogP contribution in [0.2, 0.25) is 0 Å². The highest BCUT2D eigenvalue weighted by Gasteiger charge is 2.34. The minimum atomic E-state index is -0.179. The highest BCUT2D eigenvalue weighted by Crippen LogP contribution is 2.39. The highest BCUT2D eigenvalue weighted by molar-refractivity contribution is 14.0. The predicted molar refractivity (Wildman–Crippen MR) is 139 cm³/mol. The number of halogens is 2. The Morgan fingerprint density at radius 1 is 1.06 bits per heavy atom. The number of guanidine groups is 1. The second-order valence-corrected chi connectivity index (χ2v) is 8.53. The summed E-state index contributed by atoms with van der Waals surface area (Å²) in [6.45, 7) is 1.31. The maximum Gasteiger partial charge on any atom is 0.253 e. The van der Waals surface area contributed by atoms with Gasteiger partial charge in [0.05, 0.1) is 0 Å². The van der Waals surface area contributed by atoms with E-state index in [9.17, 15) is 9.18 Å². The molecule has 0 unspecified atom stereocenters. The summed E-state index contributed by atoms with van der Waals surface area (Å²) in [5.74, 6) is 0.531. The van der Waals surface area contributed by atoms with Crippen LogP contribution in [0.15, 0.2) is 53.5 Å². The van der Waals surface area contributed by atoms with E-state index in [4.69, 9.17) is 0 Å². The van der Waals surface area contributed by atoms with Crippen LogP contribution in [0.3, 0.4) is 0 Å². The Bertz CT molecular complexity index is 908. The van der Waals surface area contributed by atoms with Gasteiger partial charge in [0.2, 0.25) is 0 Å². The summed E-state index contributed by atoms with van der Waals surface area (Å²) >= 11 is 0. The molecular formula is C25H34FIN4O. The van der Waals surface area contributed by atoms with Crippen LogP contribution in [-0.2, 0) is 12.0 Å². The molecule has 0 aliphatic heterocycles. The van der Waals surface area contributed by atoms with Gasteiger partial charge in [-0.3, -0.25) is 9.79 Å². The van der Waals surface area contributed by atoms with Gasteiger partial charge in [0.25, 0.3) is 5.91 Å². The van der Waals surface area contributed by atoms with E-state index in [2.05, 4.69) is 15.6 Å². The molecular weight excluding hydrogens is 518 g/mol. The molecule has 0 radical (unpaired) electrons. The van der Waals surface area contributed by atoms with Crippen molar-refractivity contribution in [3.8, 4) is 0 Å². The second-order valence-electron chi connectivity index (χ2n) is 8.53. The number of benzene rings is 2. The first kappa shape index (κ1) is 26.1. The summed E-state index contributed by atoms with van der Waals surface area (Å²) in [5, 5.41) is 6.81. The van der Waals surface area contributed by atoms with Crippen LogP contribution in [0.4, 0.5) is 4.39 Å². The number of amides is 1. The van der Waals surface area contributed by atoms with E-state index in [0.29, 0.717) is 18.7 Å². The van der Waals surface area contributed by atoms with Crippen molar-refractivity contribution in [3.05, 3.63) is 71.0 Å². The normalized spacial score (nSPS) is 15.4. The van der Waals surface area contributed by atoms with E-state index in [1.807, 2.05) is 30.3 Å². The minimum absolute atomic E-state index is 0. The van der Waals surface area contributed by atoms with E-state index in [1.165, 1.54) is 12.5 Å². The molecule has 1 amide bonds. The molecule has 0 heterocycles. The van der Waals surface area contributed by atoms with Gasteiger partial charge in [-0.15, -0.1) is 24.0 Å². The van der Waals surface area contributed by atoms with Gasteiger partial charge in [-0.1, -0.05) is 43.5 Å². The Morgan fingerprint density at radius 2 is 1.75 bits per heavy atom. The number of nitrogens with zero attached hydrogens (tertiary/aromatic N) is 2. The van der Waals surface area contributed by atoms with Crippen molar-refractivity contribution < 1.29 is 9.18 Å². The SMILES string of the molecule is CN=C(NCc1ccc(C(=O)N(C)C)cc1)NCC1(c2cccc(F)c2)CCCCC1.I. The van der Waals surface area contributed by atoms with Crippen molar-refractivity contribution in [2.24, 2.45) is 4.99 Å². The summed E-state index contributed by atoms with van der Waals surface area (Å²) < 4.78 is 13.9. The lowest BCUT2D eigenvalue weighted by atomic mass is 9.69. The van der Waals surface area contributed by atoms with Crippen molar-refractivity contribution >= 4 is 35.8 Å². The average Bonchev–Trinajstić information content (AvgIpc) is 2.79. The molecule has 0 spiro atoms. The quantitative estimate of drug-likeness (QED) is 0.310. The number of carbonyl (C=O) groups excluding carboxylic acids is 1. The second kappa shape index (κ2) is 12.2. The van der Waals surface area contributed by atoms with Crippen LogP contribution in [0.1, 0.15) is 53.6 Å². The Kier molecular flexibility index (Phi) is 9.93. The predicted octanol–water partition coefficient (Wildman–Crippen LogP) is 4.71. The van der Waals surface area contributed by atoms with Crippen molar-refractivity contribution in [1.29, 1.82) is 0 Å². The minimum Gasteiger partial charge on any atom is -0.356 e. The molecule has 2 aromatic carbocycles. The zero-order chi connectivity index (χ0) is 22.3. The molecule has 7 heteroatoms. The van der Waals surface area contributed by atoms with Crippen LogP contribution >= 0.6 is 24.0 Å². The molecule has 0 saturated heterocycles. The monoisotopic (exact) mass is 552 g/mol. The van der Waals surface area contributed by atoms with E-state index in [1.54, 1.807) is 38.2 Å². The molecule has 0 bridgehead atoms.